The SMILES string of the molecule is O=C(C=Cc1cccs1)OC1CCOC1=O. The van der Waals surface area contributed by atoms with Gasteiger partial charge in [0.15, 0.2) is 0 Å². The van der Waals surface area contributed by atoms with Crippen LogP contribution in [0.3, 0.4) is 0 Å². The van der Waals surface area contributed by atoms with Gasteiger partial charge in [0, 0.05) is 17.4 Å². The summed E-state index contributed by atoms with van der Waals surface area (Å²) < 4.78 is 9.60. The van der Waals surface area contributed by atoms with Crippen molar-refractivity contribution in [2.75, 3.05) is 6.61 Å². The Labute approximate surface area is 96.5 Å². The van der Waals surface area contributed by atoms with E-state index in [-0.39, 0.29) is 0 Å². The van der Waals surface area contributed by atoms with Crippen LogP contribution in [0.5, 0.6) is 0 Å². The predicted octanol–water partition coefficient (Wildman–Crippen LogP) is 1.62. The van der Waals surface area contributed by atoms with Gasteiger partial charge in [0.2, 0.25) is 6.10 Å². The molecule has 1 aromatic rings. The van der Waals surface area contributed by atoms with E-state index in [1.54, 1.807) is 6.08 Å². The Balaban J connectivity index is 1.87. The maximum Gasteiger partial charge on any atom is 0.347 e. The fourth-order valence-electron chi connectivity index (χ4n) is 1.30. The highest BCUT2D eigenvalue weighted by molar-refractivity contribution is 7.10. The molecule has 84 valence electrons. The van der Waals surface area contributed by atoms with Gasteiger partial charge in [0.1, 0.15) is 0 Å². The molecule has 0 spiro atoms. The number of thiophene rings is 1. The molecule has 0 aromatic carbocycles. The molecule has 1 aliphatic rings. The van der Waals surface area contributed by atoms with Crippen molar-refractivity contribution in [3.8, 4) is 0 Å². The van der Waals surface area contributed by atoms with Gasteiger partial charge in [0.25, 0.3) is 0 Å². The van der Waals surface area contributed by atoms with Gasteiger partial charge >= 0.3 is 11.9 Å². The molecule has 4 nitrogen and oxygen atoms in total. The molecule has 16 heavy (non-hydrogen) atoms. The monoisotopic (exact) mass is 238 g/mol. The van der Waals surface area contributed by atoms with Crippen molar-refractivity contribution in [2.45, 2.75) is 12.5 Å². The highest BCUT2D eigenvalue weighted by Crippen LogP contribution is 2.12. The molecular weight excluding hydrogens is 228 g/mol. The third kappa shape index (κ3) is 2.70. The van der Waals surface area contributed by atoms with Crippen LogP contribution in [0.1, 0.15) is 11.3 Å². The number of esters is 2. The van der Waals surface area contributed by atoms with E-state index in [4.69, 9.17) is 4.74 Å². The standard InChI is InChI=1S/C11H10O4S/c12-10(4-3-8-2-1-7-16-8)15-9-5-6-14-11(9)13/h1-4,7,9H,5-6H2. The second-order valence-electron chi connectivity index (χ2n) is 3.23. The average molecular weight is 238 g/mol. The van der Waals surface area contributed by atoms with E-state index in [9.17, 15) is 9.59 Å². The molecule has 1 fully saturated rings. The van der Waals surface area contributed by atoms with E-state index in [0.717, 1.165) is 4.88 Å². The lowest BCUT2D eigenvalue weighted by Crippen LogP contribution is -2.21. The van der Waals surface area contributed by atoms with Gasteiger partial charge in [-0.25, -0.2) is 9.59 Å². The molecule has 2 heterocycles. The fraction of sp³-hybridized carbons (Fsp3) is 0.273. The summed E-state index contributed by atoms with van der Waals surface area (Å²) in [7, 11) is 0. The van der Waals surface area contributed by atoms with Gasteiger partial charge in [-0.1, -0.05) is 6.07 Å². The summed E-state index contributed by atoms with van der Waals surface area (Å²) in [5.41, 5.74) is 0. The van der Waals surface area contributed by atoms with Gasteiger partial charge < -0.3 is 9.47 Å². The van der Waals surface area contributed by atoms with Crippen LogP contribution in [0.25, 0.3) is 6.08 Å². The van der Waals surface area contributed by atoms with Gasteiger partial charge in [-0.3, -0.25) is 0 Å². The fourth-order valence-corrected chi connectivity index (χ4v) is 1.92. The topological polar surface area (TPSA) is 52.6 Å². The lowest BCUT2D eigenvalue weighted by molar-refractivity contribution is -0.156. The van der Waals surface area contributed by atoms with E-state index < -0.39 is 18.0 Å². The molecule has 0 aliphatic carbocycles. The number of cyclic esters (lactones) is 1. The Morgan fingerprint density at radius 2 is 2.50 bits per heavy atom. The molecule has 0 bridgehead atoms. The van der Waals surface area contributed by atoms with Gasteiger partial charge in [-0.15, -0.1) is 11.3 Å². The number of carbonyl (C=O) groups excluding carboxylic acids is 2. The number of rotatable bonds is 3. The van der Waals surface area contributed by atoms with E-state index in [0.29, 0.717) is 13.0 Å². The number of carbonyl (C=O) groups is 2. The van der Waals surface area contributed by atoms with Crippen molar-refractivity contribution in [1.82, 2.24) is 0 Å². The first kappa shape index (κ1) is 10.9. The molecule has 1 unspecified atom stereocenters. The van der Waals surface area contributed by atoms with Crippen molar-refractivity contribution in [3.63, 3.8) is 0 Å². The maximum atomic E-state index is 11.3. The first-order valence-electron chi connectivity index (χ1n) is 4.84. The van der Waals surface area contributed by atoms with Crippen LogP contribution >= 0.6 is 11.3 Å². The minimum Gasteiger partial charge on any atom is -0.463 e. The third-order valence-electron chi connectivity index (χ3n) is 2.07. The van der Waals surface area contributed by atoms with Crippen molar-refractivity contribution < 1.29 is 19.1 Å². The first-order chi connectivity index (χ1) is 7.75. The Kier molecular flexibility index (Phi) is 3.36. The maximum absolute atomic E-state index is 11.3. The molecule has 1 saturated heterocycles. The van der Waals surface area contributed by atoms with Crippen molar-refractivity contribution in [1.29, 1.82) is 0 Å². The first-order valence-corrected chi connectivity index (χ1v) is 5.72. The Hall–Kier alpha value is -1.62. The second kappa shape index (κ2) is 4.94. The second-order valence-corrected chi connectivity index (χ2v) is 4.21. The molecule has 1 atom stereocenters. The van der Waals surface area contributed by atoms with Crippen molar-refractivity contribution in [3.05, 3.63) is 28.5 Å². The van der Waals surface area contributed by atoms with E-state index in [1.807, 2.05) is 17.5 Å². The summed E-state index contributed by atoms with van der Waals surface area (Å²) in [4.78, 5) is 23.3. The van der Waals surface area contributed by atoms with Crippen LogP contribution < -0.4 is 0 Å². The Morgan fingerprint density at radius 3 is 3.12 bits per heavy atom. The van der Waals surface area contributed by atoms with E-state index in [1.165, 1.54) is 17.4 Å². The van der Waals surface area contributed by atoms with Gasteiger partial charge in [0.05, 0.1) is 6.61 Å². The van der Waals surface area contributed by atoms with Crippen LogP contribution in [-0.4, -0.2) is 24.6 Å². The van der Waals surface area contributed by atoms with Crippen LogP contribution in [0.15, 0.2) is 23.6 Å². The molecule has 0 N–H and O–H groups in total. The summed E-state index contributed by atoms with van der Waals surface area (Å²) in [5, 5.41) is 1.92. The summed E-state index contributed by atoms with van der Waals surface area (Å²) >= 11 is 1.52. The number of hydrogen-bond acceptors (Lipinski definition) is 5. The van der Waals surface area contributed by atoms with Crippen molar-refractivity contribution in [2.24, 2.45) is 0 Å². The van der Waals surface area contributed by atoms with Crippen LogP contribution in [0, 0.1) is 0 Å². The zero-order chi connectivity index (χ0) is 11.4. The lowest BCUT2D eigenvalue weighted by Gasteiger charge is -2.04. The number of ether oxygens (including phenoxy) is 2. The minimum atomic E-state index is -0.736. The highest BCUT2D eigenvalue weighted by Gasteiger charge is 2.29. The average Bonchev–Trinajstić information content (AvgIpc) is 2.88. The van der Waals surface area contributed by atoms with Crippen LogP contribution in [0.4, 0.5) is 0 Å². The largest absolute Gasteiger partial charge is 0.463 e. The molecule has 1 aliphatic heterocycles. The molecule has 0 radical (unpaired) electrons. The molecular formula is C11H10O4S. The normalized spacial score (nSPS) is 20.0. The summed E-state index contributed by atoms with van der Waals surface area (Å²) in [6.45, 7) is 0.325. The molecule has 0 saturated carbocycles. The predicted molar refractivity (Wildman–Crippen MR) is 58.8 cm³/mol. The Bertz CT molecular complexity index is 408. The Morgan fingerprint density at radius 1 is 1.62 bits per heavy atom. The third-order valence-corrected chi connectivity index (χ3v) is 2.91. The molecule has 2 rings (SSSR count). The minimum absolute atomic E-state index is 0.325. The molecule has 5 heteroatoms. The highest BCUT2D eigenvalue weighted by atomic mass is 32.1. The van der Waals surface area contributed by atoms with Crippen molar-refractivity contribution >= 4 is 29.4 Å². The number of hydrogen-bond donors (Lipinski definition) is 0. The smallest absolute Gasteiger partial charge is 0.347 e. The van der Waals surface area contributed by atoms with Crippen LogP contribution in [0.2, 0.25) is 0 Å². The summed E-state index contributed by atoms with van der Waals surface area (Å²) in [6, 6.07) is 3.78. The quantitative estimate of drug-likeness (QED) is 0.593. The van der Waals surface area contributed by atoms with E-state index >= 15 is 0 Å². The van der Waals surface area contributed by atoms with E-state index in [2.05, 4.69) is 4.74 Å². The van der Waals surface area contributed by atoms with Gasteiger partial charge in [-0.2, -0.15) is 0 Å². The zero-order valence-electron chi connectivity index (χ0n) is 8.42. The van der Waals surface area contributed by atoms with Gasteiger partial charge in [-0.05, 0) is 17.5 Å². The lowest BCUT2D eigenvalue weighted by atomic mass is 10.3. The molecule has 1 aromatic heterocycles. The molecule has 0 amide bonds. The zero-order valence-corrected chi connectivity index (χ0v) is 9.24. The van der Waals surface area contributed by atoms with Crippen LogP contribution in [-0.2, 0) is 19.1 Å². The summed E-state index contributed by atoms with van der Waals surface area (Å²) in [5.74, 6) is -0.977. The summed E-state index contributed by atoms with van der Waals surface area (Å²) in [6.07, 6.45) is 2.68.